The highest BCUT2D eigenvalue weighted by atomic mass is 14.1. The summed E-state index contributed by atoms with van der Waals surface area (Å²) in [5.74, 6) is 1.92. The summed E-state index contributed by atoms with van der Waals surface area (Å²) < 4.78 is 0. The molecule has 0 nitrogen and oxygen atoms in total. The van der Waals surface area contributed by atoms with Crippen molar-refractivity contribution >= 4 is 0 Å². The maximum absolute atomic E-state index is 2.37. The SMILES string of the molecule is CCCCC(CC)CCCCCCCCC(C)C. The molecule has 0 aromatic carbocycles. The van der Waals surface area contributed by atoms with Gasteiger partial charge in [0, 0.05) is 0 Å². The van der Waals surface area contributed by atoms with E-state index in [0.717, 1.165) is 11.8 Å². The molecule has 0 heteroatoms. The van der Waals surface area contributed by atoms with Gasteiger partial charge >= 0.3 is 0 Å². The summed E-state index contributed by atoms with van der Waals surface area (Å²) in [6.45, 7) is 9.35. The summed E-state index contributed by atoms with van der Waals surface area (Å²) in [6.07, 6.45) is 17.4. The van der Waals surface area contributed by atoms with Crippen molar-refractivity contribution < 1.29 is 0 Å². The Morgan fingerprint density at radius 2 is 1.11 bits per heavy atom. The Kier molecular flexibility index (Phi) is 13.4. The Labute approximate surface area is 117 Å². The zero-order chi connectivity index (χ0) is 13.6. The summed E-state index contributed by atoms with van der Waals surface area (Å²) in [5, 5.41) is 0. The molecule has 18 heavy (non-hydrogen) atoms. The zero-order valence-electron chi connectivity index (χ0n) is 13.6. The van der Waals surface area contributed by atoms with Crippen LogP contribution in [0.4, 0.5) is 0 Å². The molecule has 0 aliphatic heterocycles. The second-order valence-corrected chi connectivity index (χ2v) is 6.51. The van der Waals surface area contributed by atoms with Gasteiger partial charge in [-0.05, 0) is 11.8 Å². The molecular formula is C18H38. The van der Waals surface area contributed by atoms with Crippen molar-refractivity contribution in [2.24, 2.45) is 11.8 Å². The minimum Gasteiger partial charge on any atom is -0.0654 e. The molecule has 0 aliphatic rings. The maximum Gasteiger partial charge on any atom is -0.0417 e. The van der Waals surface area contributed by atoms with E-state index in [1.807, 2.05) is 0 Å². The van der Waals surface area contributed by atoms with Crippen LogP contribution in [-0.4, -0.2) is 0 Å². The van der Waals surface area contributed by atoms with Crippen molar-refractivity contribution in [3.8, 4) is 0 Å². The van der Waals surface area contributed by atoms with Gasteiger partial charge in [-0.1, -0.05) is 105 Å². The fourth-order valence-electron chi connectivity index (χ4n) is 2.74. The Morgan fingerprint density at radius 1 is 0.611 bits per heavy atom. The van der Waals surface area contributed by atoms with Crippen molar-refractivity contribution in [2.45, 2.75) is 105 Å². The van der Waals surface area contributed by atoms with Gasteiger partial charge in [0.05, 0.1) is 0 Å². The average molecular weight is 255 g/mol. The molecule has 0 aliphatic carbocycles. The van der Waals surface area contributed by atoms with Crippen molar-refractivity contribution in [2.75, 3.05) is 0 Å². The Bertz CT molecular complexity index is 148. The van der Waals surface area contributed by atoms with Gasteiger partial charge in [0.1, 0.15) is 0 Å². The van der Waals surface area contributed by atoms with E-state index in [0.29, 0.717) is 0 Å². The van der Waals surface area contributed by atoms with Crippen LogP contribution in [0.3, 0.4) is 0 Å². The van der Waals surface area contributed by atoms with E-state index >= 15 is 0 Å². The molecule has 0 radical (unpaired) electrons. The molecule has 0 aromatic heterocycles. The van der Waals surface area contributed by atoms with E-state index in [4.69, 9.17) is 0 Å². The van der Waals surface area contributed by atoms with Crippen LogP contribution in [0.1, 0.15) is 105 Å². The molecule has 0 fully saturated rings. The lowest BCUT2D eigenvalue weighted by atomic mass is 9.93. The van der Waals surface area contributed by atoms with Crippen LogP contribution < -0.4 is 0 Å². The van der Waals surface area contributed by atoms with Gasteiger partial charge in [0.25, 0.3) is 0 Å². The first-order chi connectivity index (χ1) is 8.70. The molecule has 1 atom stereocenters. The van der Waals surface area contributed by atoms with Crippen molar-refractivity contribution in [3.05, 3.63) is 0 Å². The van der Waals surface area contributed by atoms with Gasteiger partial charge in [-0.3, -0.25) is 0 Å². The molecule has 1 unspecified atom stereocenters. The van der Waals surface area contributed by atoms with Crippen LogP contribution in [-0.2, 0) is 0 Å². The van der Waals surface area contributed by atoms with Crippen LogP contribution >= 0.6 is 0 Å². The Balaban J connectivity index is 3.22. The highest BCUT2D eigenvalue weighted by molar-refractivity contribution is 4.58. The second-order valence-electron chi connectivity index (χ2n) is 6.51. The van der Waals surface area contributed by atoms with Gasteiger partial charge in [-0.2, -0.15) is 0 Å². The summed E-state index contributed by atoms with van der Waals surface area (Å²) >= 11 is 0. The van der Waals surface area contributed by atoms with Crippen LogP contribution in [0.15, 0.2) is 0 Å². The summed E-state index contributed by atoms with van der Waals surface area (Å²) in [6, 6.07) is 0. The highest BCUT2D eigenvalue weighted by Crippen LogP contribution is 2.20. The fraction of sp³-hybridized carbons (Fsp3) is 1.00. The lowest BCUT2D eigenvalue weighted by molar-refractivity contribution is 0.399. The van der Waals surface area contributed by atoms with Gasteiger partial charge in [0.15, 0.2) is 0 Å². The van der Waals surface area contributed by atoms with Crippen LogP contribution in [0.25, 0.3) is 0 Å². The molecule has 110 valence electrons. The van der Waals surface area contributed by atoms with E-state index in [-0.39, 0.29) is 0 Å². The molecule has 0 aromatic rings. The van der Waals surface area contributed by atoms with E-state index in [1.54, 1.807) is 0 Å². The third-order valence-corrected chi connectivity index (χ3v) is 4.19. The molecule has 0 heterocycles. The second kappa shape index (κ2) is 13.4. The predicted molar refractivity (Wildman–Crippen MR) is 85.1 cm³/mol. The van der Waals surface area contributed by atoms with Crippen LogP contribution in [0.5, 0.6) is 0 Å². The smallest absolute Gasteiger partial charge is 0.0417 e. The Morgan fingerprint density at radius 3 is 1.61 bits per heavy atom. The average Bonchev–Trinajstić information content (AvgIpc) is 2.35. The third-order valence-electron chi connectivity index (χ3n) is 4.19. The first kappa shape index (κ1) is 18.0. The first-order valence-electron chi connectivity index (χ1n) is 8.70. The predicted octanol–water partition coefficient (Wildman–Crippen LogP) is 6.98. The summed E-state index contributed by atoms with van der Waals surface area (Å²) in [5.41, 5.74) is 0. The van der Waals surface area contributed by atoms with E-state index in [2.05, 4.69) is 27.7 Å². The minimum atomic E-state index is 0.897. The maximum atomic E-state index is 2.37. The van der Waals surface area contributed by atoms with E-state index in [1.165, 1.54) is 77.0 Å². The molecule has 0 saturated heterocycles. The van der Waals surface area contributed by atoms with Crippen LogP contribution in [0, 0.1) is 11.8 Å². The number of hydrogen-bond donors (Lipinski definition) is 0. The quantitative estimate of drug-likeness (QED) is 0.311. The molecule has 0 saturated carbocycles. The first-order valence-corrected chi connectivity index (χ1v) is 8.70. The van der Waals surface area contributed by atoms with Gasteiger partial charge in [-0.25, -0.2) is 0 Å². The van der Waals surface area contributed by atoms with Crippen molar-refractivity contribution in [1.29, 1.82) is 0 Å². The molecule has 0 bridgehead atoms. The third kappa shape index (κ3) is 12.5. The minimum absolute atomic E-state index is 0.897. The van der Waals surface area contributed by atoms with Crippen LogP contribution in [0.2, 0.25) is 0 Å². The topological polar surface area (TPSA) is 0 Å². The number of hydrogen-bond acceptors (Lipinski definition) is 0. The normalized spacial score (nSPS) is 13.2. The lowest BCUT2D eigenvalue weighted by Gasteiger charge is -2.13. The number of unbranched alkanes of at least 4 members (excludes halogenated alkanes) is 6. The van der Waals surface area contributed by atoms with E-state index < -0.39 is 0 Å². The van der Waals surface area contributed by atoms with Gasteiger partial charge in [-0.15, -0.1) is 0 Å². The summed E-state index contributed by atoms with van der Waals surface area (Å²) in [7, 11) is 0. The molecule has 0 N–H and O–H groups in total. The molecule has 0 spiro atoms. The monoisotopic (exact) mass is 254 g/mol. The highest BCUT2D eigenvalue weighted by Gasteiger charge is 2.04. The van der Waals surface area contributed by atoms with E-state index in [9.17, 15) is 0 Å². The molecular weight excluding hydrogens is 216 g/mol. The summed E-state index contributed by atoms with van der Waals surface area (Å²) in [4.78, 5) is 0. The standard InChI is InChI=1S/C18H38/c1-5-7-15-18(6-2)16-13-11-9-8-10-12-14-17(3)4/h17-18H,5-16H2,1-4H3. The van der Waals surface area contributed by atoms with Crippen molar-refractivity contribution in [3.63, 3.8) is 0 Å². The zero-order valence-corrected chi connectivity index (χ0v) is 13.6. The molecule has 0 amide bonds. The fourth-order valence-corrected chi connectivity index (χ4v) is 2.74. The molecule has 0 rings (SSSR count). The lowest BCUT2D eigenvalue weighted by Crippen LogP contribution is -1.98. The largest absolute Gasteiger partial charge is 0.0654 e. The van der Waals surface area contributed by atoms with Crippen molar-refractivity contribution in [1.82, 2.24) is 0 Å². The van der Waals surface area contributed by atoms with Gasteiger partial charge < -0.3 is 0 Å². The Hall–Kier alpha value is 0. The van der Waals surface area contributed by atoms with Gasteiger partial charge in [0.2, 0.25) is 0 Å². The number of rotatable bonds is 13.